The summed E-state index contributed by atoms with van der Waals surface area (Å²) in [6.45, 7) is 0.949. The van der Waals surface area contributed by atoms with Gasteiger partial charge >= 0.3 is 0 Å². The van der Waals surface area contributed by atoms with E-state index in [-0.39, 0.29) is 0 Å². The number of aromatic nitrogens is 1. The first-order valence-corrected chi connectivity index (χ1v) is 7.41. The van der Waals surface area contributed by atoms with Crippen molar-refractivity contribution in [3.63, 3.8) is 0 Å². The number of nitrogens with zero attached hydrogens (tertiary/aromatic N) is 1. The van der Waals surface area contributed by atoms with Gasteiger partial charge in [0.25, 0.3) is 0 Å². The van der Waals surface area contributed by atoms with Crippen molar-refractivity contribution in [1.82, 2.24) is 10.3 Å². The molecule has 1 aromatic carbocycles. The molecule has 0 amide bonds. The first kappa shape index (κ1) is 12.2. The molecular weight excluding hydrogens is 264 g/mol. The average molecular weight is 279 g/mol. The molecule has 1 aromatic heterocycles. The van der Waals surface area contributed by atoms with E-state index in [1.54, 1.807) is 11.3 Å². The summed E-state index contributed by atoms with van der Waals surface area (Å²) < 4.78 is 0. The van der Waals surface area contributed by atoms with Gasteiger partial charge in [-0.1, -0.05) is 29.8 Å². The molecule has 2 nitrogen and oxygen atoms in total. The normalized spacial score (nSPS) is 14.9. The lowest BCUT2D eigenvalue weighted by molar-refractivity contribution is 0.694. The van der Waals surface area contributed by atoms with Crippen LogP contribution in [0.2, 0.25) is 5.02 Å². The lowest BCUT2D eigenvalue weighted by Crippen LogP contribution is -2.14. The van der Waals surface area contributed by atoms with E-state index in [1.165, 1.54) is 17.7 Å². The Labute approximate surface area is 116 Å². The van der Waals surface area contributed by atoms with Gasteiger partial charge in [0.15, 0.2) is 0 Å². The predicted molar refractivity (Wildman–Crippen MR) is 76.2 cm³/mol. The summed E-state index contributed by atoms with van der Waals surface area (Å²) in [5.41, 5.74) is 1.15. The number of benzene rings is 1. The van der Waals surface area contributed by atoms with E-state index in [0.29, 0.717) is 0 Å². The van der Waals surface area contributed by atoms with Crippen LogP contribution in [0.25, 0.3) is 0 Å². The van der Waals surface area contributed by atoms with Crippen molar-refractivity contribution >= 4 is 22.9 Å². The highest BCUT2D eigenvalue weighted by molar-refractivity contribution is 7.11. The molecule has 1 aliphatic carbocycles. The minimum absolute atomic E-state index is 0.749. The smallest absolute Gasteiger partial charge is 0.0972 e. The lowest BCUT2D eigenvalue weighted by atomic mass is 10.2. The minimum atomic E-state index is 0.749. The third kappa shape index (κ3) is 3.10. The monoisotopic (exact) mass is 278 g/mol. The van der Waals surface area contributed by atoms with Gasteiger partial charge in [-0.2, -0.15) is 0 Å². The van der Waals surface area contributed by atoms with Crippen LogP contribution in [-0.2, 0) is 13.0 Å². The number of thiazole rings is 1. The summed E-state index contributed by atoms with van der Waals surface area (Å²) in [5.74, 6) is 0. The van der Waals surface area contributed by atoms with E-state index in [1.807, 2.05) is 24.4 Å². The van der Waals surface area contributed by atoms with Crippen LogP contribution >= 0.6 is 22.9 Å². The van der Waals surface area contributed by atoms with E-state index in [4.69, 9.17) is 11.6 Å². The Hall–Kier alpha value is -0.900. The summed E-state index contributed by atoms with van der Waals surface area (Å²) in [6.07, 6.45) is 5.45. The molecule has 3 rings (SSSR count). The molecule has 0 atom stereocenters. The van der Waals surface area contributed by atoms with Gasteiger partial charge in [0.1, 0.15) is 0 Å². The van der Waals surface area contributed by atoms with E-state index in [2.05, 4.69) is 16.4 Å². The molecule has 1 saturated carbocycles. The van der Waals surface area contributed by atoms with Crippen molar-refractivity contribution in [2.75, 3.05) is 0 Å². The van der Waals surface area contributed by atoms with Gasteiger partial charge in [-0.25, -0.2) is 4.98 Å². The third-order valence-corrected chi connectivity index (χ3v) is 4.41. The van der Waals surface area contributed by atoms with Gasteiger partial charge in [-0.15, -0.1) is 11.3 Å². The maximum atomic E-state index is 6.16. The molecule has 0 saturated heterocycles. The van der Waals surface area contributed by atoms with Gasteiger partial charge in [0.2, 0.25) is 0 Å². The van der Waals surface area contributed by atoms with Crippen LogP contribution in [0.1, 0.15) is 28.3 Å². The Morgan fingerprint density at radius 1 is 1.33 bits per heavy atom. The highest BCUT2D eigenvalue weighted by atomic mass is 35.5. The van der Waals surface area contributed by atoms with Crippen molar-refractivity contribution in [1.29, 1.82) is 0 Å². The molecule has 1 N–H and O–H groups in total. The lowest BCUT2D eigenvalue weighted by Gasteiger charge is -2.00. The van der Waals surface area contributed by atoms with Crippen LogP contribution in [0.3, 0.4) is 0 Å². The molecule has 1 aliphatic rings. The quantitative estimate of drug-likeness (QED) is 0.903. The summed E-state index contributed by atoms with van der Waals surface area (Å²) in [4.78, 5) is 5.78. The molecule has 1 heterocycles. The first-order chi connectivity index (χ1) is 8.81. The van der Waals surface area contributed by atoms with Gasteiger partial charge < -0.3 is 5.32 Å². The van der Waals surface area contributed by atoms with E-state index >= 15 is 0 Å². The van der Waals surface area contributed by atoms with Gasteiger partial charge in [-0.3, -0.25) is 0 Å². The molecule has 0 radical (unpaired) electrons. The van der Waals surface area contributed by atoms with E-state index in [9.17, 15) is 0 Å². The topological polar surface area (TPSA) is 24.9 Å². The van der Waals surface area contributed by atoms with E-state index < -0.39 is 0 Å². The van der Waals surface area contributed by atoms with Crippen molar-refractivity contribution in [2.45, 2.75) is 31.8 Å². The number of nitrogens with one attached hydrogen (secondary N) is 1. The Morgan fingerprint density at radius 3 is 2.94 bits per heavy atom. The minimum Gasteiger partial charge on any atom is -0.309 e. The average Bonchev–Trinajstić information content (AvgIpc) is 3.10. The number of halogens is 1. The van der Waals surface area contributed by atoms with Crippen LogP contribution in [0.5, 0.6) is 0 Å². The van der Waals surface area contributed by atoms with Crippen LogP contribution in [0.15, 0.2) is 30.5 Å². The molecule has 4 heteroatoms. The summed E-state index contributed by atoms with van der Waals surface area (Å²) >= 11 is 7.93. The van der Waals surface area contributed by atoms with Gasteiger partial charge in [0, 0.05) is 35.1 Å². The third-order valence-electron chi connectivity index (χ3n) is 3.04. The van der Waals surface area contributed by atoms with Crippen molar-refractivity contribution < 1.29 is 0 Å². The van der Waals surface area contributed by atoms with Crippen LogP contribution in [0, 0.1) is 0 Å². The fourth-order valence-corrected chi connectivity index (χ4v) is 2.95. The van der Waals surface area contributed by atoms with Crippen LogP contribution in [0.4, 0.5) is 0 Å². The SMILES string of the molecule is Clc1ccccc1Cc1ncc(CNC2CC2)s1. The number of hydrogen-bond donors (Lipinski definition) is 1. The second-order valence-electron chi connectivity index (χ2n) is 4.64. The summed E-state index contributed by atoms with van der Waals surface area (Å²) in [6, 6.07) is 8.72. The summed E-state index contributed by atoms with van der Waals surface area (Å²) in [5, 5.41) is 5.47. The van der Waals surface area contributed by atoms with Crippen LogP contribution in [-0.4, -0.2) is 11.0 Å². The first-order valence-electron chi connectivity index (χ1n) is 6.21. The zero-order valence-corrected chi connectivity index (χ0v) is 11.6. The zero-order chi connectivity index (χ0) is 12.4. The predicted octanol–water partition coefficient (Wildman–Crippen LogP) is 3.64. The standard InChI is InChI=1S/C14H15ClN2S/c15-13-4-2-1-3-10(13)7-14-17-9-12(18-14)8-16-11-5-6-11/h1-4,9,11,16H,5-8H2. The largest absolute Gasteiger partial charge is 0.309 e. The highest BCUT2D eigenvalue weighted by Crippen LogP contribution is 2.23. The highest BCUT2D eigenvalue weighted by Gasteiger charge is 2.20. The second kappa shape index (κ2) is 5.39. The molecule has 18 heavy (non-hydrogen) atoms. The molecule has 0 bridgehead atoms. The fraction of sp³-hybridized carbons (Fsp3) is 0.357. The van der Waals surface area contributed by atoms with Gasteiger partial charge in [0.05, 0.1) is 5.01 Å². The van der Waals surface area contributed by atoms with Gasteiger partial charge in [-0.05, 0) is 24.5 Å². The molecule has 1 fully saturated rings. The Balaban J connectivity index is 1.63. The second-order valence-corrected chi connectivity index (χ2v) is 6.25. The van der Waals surface area contributed by atoms with Crippen molar-refractivity contribution in [2.24, 2.45) is 0 Å². The number of hydrogen-bond acceptors (Lipinski definition) is 3. The molecule has 0 aliphatic heterocycles. The zero-order valence-electron chi connectivity index (χ0n) is 10.0. The maximum absolute atomic E-state index is 6.16. The van der Waals surface area contributed by atoms with Crippen LogP contribution < -0.4 is 5.32 Å². The maximum Gasteiger partial charge on any atom is 0.0972 e. The summed E-state index contributed by atoms with van der Waals surface area (Å²) in [7, 11) is 0. The molecule has 0 unspecified atom stereocenters. The van der Waals surface area contributed by atoms with E-state index in [0.717, 1.165) is 34.6 Å². The molecular formula is C14H15ClN2S. The molecule has 0 spiro atoms. The Morgan fingerprint density at radius 2 is 2.17 bits per heavy atom. The Kier molecular flexibility index (Phi) is 3.64. The number of rotatable bonds is 5. The van der Waals surface area contributed by atoms with Crippen molar-refractivity contribution in [3.05, 3.63) is 50.9 Å². The van der Waals surface area contributed by atoms with Crippen molar-refractivity contribution in [3.8, 4) is 0 Å². The Bertz CT molecular complexity index is 534. The molecule has 94 valence electrons. The molecule has 2 aromatic rings. The fourth-order valence-electron chi connectivity index (χ4n) is 1.85.